The van der Waals surface area contributed by atoms with Crippen LogP contribution in [0.15, 0.2) is 42.5 Å². The highest BCUT2D eigenvalue weighted by Crippen LogP contribution is 2.23. The van der Waals surface area contributed by atoms with Gasteiger partial charge in [0.1, 0.15) is 5.60 Å². The third kappa shape index (κ3) is 4.20. The topological polar surface area (TPSA) is 58.6 Å². The van der Waals surface area contributed by atoms with Crippen molar-refractivity contribution in [3.05, 3.63) is 48.0 Å². The van der Waals surface area contributed by atoms with Crippen molar-refractivity contribution in [2.75, 3.05) is 6.54 Å². The highest BCUT2D eigenvalue weighted by Gasteiger charge is 2.17. The van der Waals surface area contributed by atoms with Crippen LogP contribution in [-0.2, 0) is 4.74 Å². The molecular formula is C17H21NO3. The molecule has 0 heterocycles. The van der Waals surface area contributed by atoms with E-state index in [-0.39, 0.29) is 6.54 Å². The Morgan fingerprint density at radius 3 is 2.57 bits per heavy atom. The van der Waals surface area contributed by atoms with Crippen LogP contribution in [0, 0.1) is 0 Å². The average Bonchev–Trinajstić information content (AvgIpc) is 2.42. The Hall–Kier alpha value is -2.07. The zero-order chi connectivity index (χ0) is 15.5. The first-order valence-electron chi connectivity index (χ1n) is 6.99. The number of hydrogen-bond donors (Lipinski definition) is 2. The standard InChI is InChI=1S/C17H21NO3/c1-17(2,3)21-16(20)18-11-15(19)14-10-6-8-12-7-4-5-9-13(12)14/h4-10,15,19H,11H2,1-3H3,(H,18,20)/t15-/m1/s1. The van der Waals surface area contributed by atoms with Crippen molar-refractivity contribution in [2.45, 2.75) is 32.5 Å². The van der Waals surface area contributed by atoms with Crippen LogP contribution in [0.3, 0.4) is 0 Å². The van der Waals surface area contributed by atoms with Crippen molar-refractivity contribution in [1.29, 1.82) is 0 Å². The molecule has 2 aromatic carbocycles. The molecule has 0 aliphatic rings. The molecule has 4 heteroatoms. The van der Waals surface area contributed by atoms with E-state index in [9.17, 15) is 9.90 Å². The Labute approximate surface area is 124 Å². The van der Waals surface area contributed by atoms with E-state index in [1.54, 1.807) is 20.8 Å². The lowest BCUT2D eigenvalue weighted by Gasteiger charge is -2.21. The molecule has 0 spiro atoms. The molecule has 0 saturated heterocycles. The lowest BCUT2D eigenvalue weighted by Crippen LogP contribution is -2.34. The summed E-state index contributed by atoms with van der Waals surface area (Å²) in [5, 5.41) is 14.9. The quantitative estimate of drug-likeness (QED) is 0.909. The van der Waals surface area contributed by atoms with Gasteiger partial charge in [-0.15, -0.1) is 0 Å². The van der Waals surface area contributed by atoms with Crippen molar-refractivity contribution in [3.63, 3.8) is 0 Å². The maximum Gasteiger partial charge on any atom is 0.407 e. The number of alkyl carbamates (subject to hydrolysis) is 1. The molecular weight excluding hydrogens is 266 g/mol. The minimum atomic E-state index is -0.774. The predicted molar refractivity (Wildman–Crippen MR) is 83.1 cm³/mol. The second kappa shape index (κ2) is 6.14. The number of hydrogen-bond acceptors (Lipinski definition) is 3. The van der Waals surface area contributed by atoms with Gasteiger partial charge in [0, 0.05) is 0 Å². The maximum atomic E-state index is 11.6. The van der Waals surface area contributed by atoms with Crippen LogP contribution >= 0.6 is 0 Å². The molecule has 0 aromatic heterocycles. The van der Waals surface area contributed by atoms with Crippen LogP contribution in [0.4, 0.5) is 4.79 Å². The molecule has 0 aliphatic carbocycles. The smallest absolute Gasteiger partial charge is 0.407 e. The summed E-state index contributed by atoms with van der Waals surface area (Å²) in [4.78, 5) is 11.6. The number of ether oxygens (including phenoxy) is 1. The molecule has 0 bridgehead atoms. The second-order valence-corrected chi connectivity index (χ2v) is 5.97. The summed E-state index contributed by atoms with van der Waals surface area (Å²) in [6, 6.07) is 13.6. The first-order valence-corrected chi connectivity index (χ1v) is 6.99. The molecule has 2 aromatic rings. The number of rotatable bonds is 3. The van der Waals surface area contributed by atoms with Gasteiger partial charge in [0.2, 0.25) is 0 Å². The Bertz CT molecular complexity index is 626. The van der Waals surface area contributed by atoms with E-state index < -0.39 is 17.8 Å². The van der Waals surface area contributed by atoms with Crippen LogP contribution in [0.2, 0.25) is 0 Å². The first kappa shape index (κ1) is 15.3. The van der Waals surface area contributed by atoms with Gasteiger partial charge in [-0.2, -0.15) is 0 Å². The highest BCUT2D eigenvalue weighted by atomic mass is 16.6. The average molecular weight is 287 g/mol. The Morgan fingerprint density at radius 1 is 1.19 bits per heavy atom. The number of amides is 1. The van der Waals surface area contributed by atoms with Gasteiger partial charge in [-0.05, 0) is 37.1 Å². The summed E-state index contributed by atoms with van der Waals surface area (Å²) in [5.41, 5.74) is 0.248. The Balaban J connectivity index is 2.06. The molecule has 4 nitrogen and oxygen atoms in total. The van der Waals surface area contributed by atoms with Gasteiger partial charge in [-0.25, -0.2) is 4.79 Å². The summed E-state index contributed by atoms with van der Waals surface area (Å²) in [6.07, 6.45) is -1.30. The van der Waals surface area contributed by atoms with Crippen molar-refractivity contribution >= 4 is 16.9 Å². The largest absolute Gasteiger partial charge is 0.444 e. The molecule has 0 aliphatic heterocycles. The summed E-state index contributed by atoms with van der Waals surface area (Å²) < 4.78 is 5.15. The Kier molecular flexibility index (Phi) is 4.48. The van der Waals surface area contributed by atoms with Crippen LogP contribution < -0.4 is 5.32 Å². The van der Waals surface area contributed by atoms with Crippen molar-refractivity contribution in [1.82, 2.24) is 5.32 Å². The molecule has 21 heavy (non-hydrogen) atoms. The molecule has 0 saturated carbocycles. The SMILES string of the molecule is CC(C)(C)OC(=O)NC[C@@H](O)c1cccc2ccccc12. The number of carbonyl (C=O) groups is 1. The maximum absolute atomic E-state index is 11.6. The molecule has 112 valence electrons. The van der Waals surface area contributed by atoms with Crippen LogP contribution in [0.25, 0.3) is 10.8 Å². The number of benzene rings is 2. The number of nitrogens with one attached hydrogen (secondary N) is 1. The van der Waals surface area contributed by atoms with E-state index in [1.165, 1.54) is 0 Å². The summed E-state index contributed by atoms with van der Waals surface area (Å²) in [6.45, 7) is 5.51. The number of fused-ring (bicyclic) bond motifs is 1. The fraction of sp³-hybridized carbons (Fsp3) is 0.353. The van der Waals surface area contributed by atoms with Crippen molar-refractivity contribution < 1.29 is 14.6 Å². The molecule has 0 radical (unpaired) electrons. The van der Waals surface area contributed by atoms with Gasteiger partial charge in [0.05, 0.1) is 12.6 Å². The Morgan fingerprint density at radius 2 is 1.86 bits per heavy atom. The normalized spacial score (nSPS) is 13.0. The number of aliphatic hydroxyl groups is 1. The lowest BCUT2D eigenvalue weighted by atomic mass is 10.0. The molecule has 2 rings (SSSR count). The zero-order valence-electron chi connectivity index (χ0n) is 12.6. The van der Waals surface area contributed by atoms with Gasteiger partial charge >= 0.3 is 6.09 Å². The van der Waals surface area contributed by atoms with E-state index in [0.29, 0.717) is 0 Å². The fourth-order valence-electron chi connectivity index (χ4n) is 2.15. The zero-order valence-corrected chi connectivity index (χ0v) is 12.6. The molecule has 2 N–H and O–H groups in total. The second-order valence-electron chi connectivity index (χ2n) is 5.97. The predicted octanol–water partition coefficient (Wildman–Crippen LogP) is 3.40. The monoisotopic (exact) mass is 287 g/mol. The molecule has 0 fully saturated rings. The third-order valence-corrected chi connectivity index (χ3v) is 3.02. The van der Waals surface area contributed by atoms with Gasteiger partial charge in [0.25, 0.3) is 0 Å². The molecule has 0 unspecified atom stereocenters. The first-order chi connectivity index (χ1) is 9.87. The van der Waals surface area contributed by atoms with E-state index >= 15 is 0 Å². The van der Waals surface area contributed by atoms with Gasteiger partial charge in [0.15, 0.2) is 0 Å². The van der Waals surface area contributed by atoms with Crippen molar-refractivity contribution in [3.8, 4) is 0 Å². The van der Waals surface area contributed by atoms with E-state index in [0.717, 1.165) is 16.3 Å². The van der Waals surface area contributed by atoms with Crippen LogP contribution in [0.5, 0.6) is 0 Å². The summed E-state index contributed by atoms with van der Waals surface area (Å²) in [7, 11) is 0. The van der Waals surface area contributed by atoms with Crippen molar-refractivity contribution in [2.24, 2.45) is 0 Å². The van der Waals surface area contributed by atoms with Gasteiger partial charge < -0.3 is 15.2 Å². The highest BCUT2D eigenvalue weighted by molar-refractivity contribution is 5.86. The third-order valence-electron chi connectivity index (χ3n) is 3.02. The van der Waals surface area contributed by atoms with Crippen LogP contribution in [0.1, 0.15) is 32.4 Å². The van der Waals surface area contributed by atoms with E-state index in [4.69, 9.17) is 4.74 Å². The lowest BCUT2D eigenvalue weighted by molar-refractivity contribution is 0.0492. The van der Waals surface area contributed by atoms with E-state index in [2.05, 4.69) is 5.32 Å². The fourth-order valence-corrected chi connectivity index (χ4v) is 2.15. The minimum absolute atomic E-state index is 0.114. The summed E-state index contributed by atoms with van der Waals surface area (Å²) >= 11 is 0. The van der Waals surface area contributed by atoms with Gasteiger partial charge in [-0.3, -0.25) is 0 Å². The summed E-state index contributed by atoms with van der Waals surface area (Å²) in [5.74, 6) is 0. The number of carbonyl (C=O) groups excluding carboxylic acids is 1. The molecule has 1 amide bonds. The van der Waals surface area contributed by atoms with Gasteiger partial charge in [-0.1, -0.05) is 42.5 Å². The number of aliphatic hydroxyl groups excluding tert-OH is 1. The van der Waals surface area contributed by atoms with E-state index in [1.807, 2.05) is 42.5 Å². The minimum Gasteiger partial charge on any atom is -0.444 e. The molecule has 1 atom stereocenters. The van der Waals surface area contributed by atoms with Crippen LogP contribution in [-0.4, -0.2) is 23.3 Å².